The average Bonchev–Trinajstić information content (AvgIpc) is 2.39. The third-order valence-corrected chi connectivity index (χ3v) is 4.06. The first-order valence-corrected chi connectivity index (χ1v) is 6.97. The van der Waals surface area contributed by atoms with Gasteiger partial charge < -0.3 is 10.0 Å². The first-order valence-electron chi connectivity index (χ1n) is 6.97. The molecule has 18 heavy (non-hydrogen) atoms. The summed E-state index contributed by atoms with van der Waals surface area (Å²) in [5.41, 5.74) is 0.950. The summed E-state index contributed by atoms with van der Waals surface area (Å²) in [7, 11) is 0. The van der Waals surface area contributed by atoms with Crippen molar-refractivity contribution in [3.63, 3.8) is 0 Å². The molecule has 3 nitrogen and oxygen atoms in total. The van der Waals surface area contributed by atoms with E-state index in [1.165, 1.54) is 12.8 Å². The highest BCUT2D eigenvalue weighted by Crippen LogP contribution is 2.27. The molecule has 0 unspecified atom stereocenters. The second kappa shape index (κ2) is 5.70. The van der Waals surface area contributed by atoms with Crippen LogP contribution in [0.2, 0.25) is 0 Å². The zero-order chi connectivity index (χ0) is 13.1. The number of pyridine rings is 1. The van der Waals surface area contributed by atoms with Gasteiger partial charge in [-0.3, -0.25) is 0 Å². The minimum atomic E-state index is -0.417. The molecule has 0 aromatic carbocycles. The molecule has 2 heterocycles. The molecule has 0 amide bonds. The molecule has 0 spiro atoms. The van der Waals surface area contributed by atoms with E-state index in [4.69, 9.17) is 0 Å². The molecule has 2 rings (SSSR count). The first kappa shape index (κ1) is 13.3. The normalized spacial score (nSPS) is 19.3. The molecule has 1 aromatic heterocycles. The number of anilines is 1. The third kappa shape index (κ3) is 3.02. The van der Waals surface area contributed by atoms with E-state index in [1.807, 2.05) is 12.1 Å². The third-order valence-electron chi connectivity index (χ3n) is 4.06. The van der Waals surface area contributed by atoms with E-state index in [9.17, 15) is 5.11 Å². The Balaban J connectivity index is 2.03. The highest BCUT2D eigenvalue weighted by Gasteiger charge is 2.22. The smallest absolute Gasteiger partial charge is 0.128 e. The molecule has 1 N–H and O–H groups in total. The van der Waals surface area contributed by atoms with Gasteiger partial charge in [0.25, 0.3) is 0 Å². The van der Waals surface area contributed by atoms with Crippen LogP contribution in [-0.4, -0.2) is 23.2 Å². The van der Waals surface area contributed by atoms with Crippen molar-refractivity contribution >= 4 is 5.82 Å². The van der Waals surface area contributed by atoms with Crippen LogP contribution in [0.5, 0.6) is 0 Å². The number of aliphatic hydroxyl groups is 1. The Kier molecular flexibility index (Phi) is 4.23. The molecule has 1 aliphatic heterocycles. The van der Waals surface area contributed by atoms with Crippen molar-refractivity contribution in [1.82, 2.24) is 4.98 Å². The number of nitrogens with zero attached hydrogens (tertiary/aromatic N) is 2. The number of aliphatic hydroxyl groups excluding tert-OH is 1. The summed E-state index contributed by atoms with van der Waals surface area (Å²) in [6.07, 6.45) is 3.88. The molecule has 1 aromatic rings. The van der Waals surface area contributed by atoms with Gasteiger partial charge in [-0.1, -0.05) is 13.8 Å². The van der Waals surface area contributed by atoms with Crippen LogP contribution >= 0.6 is 0 Å². The molecule has 1 fully saturated rings. The van der Waals surface area contributed by atoms with E-state index in [0.29, 0.717) is 0 Å². The SMILES string of the molecule is CC(C)C1CCN(c2cc([C@H](C)O)ccn2)CC1. The lowest BCUT2D eigenvalue weighted by molar-refractivity contribution is 0.199. The highest BCUT2D eigenvalue weighted by atomic mass is 16.3. The Labute approximate surface area is 110 Å². The Morgan fingerprint density at radius 3 is 2.50 bits per heavy atom. The summed E-state index contributed by atoms with van der Waals surface area (Å²) in [6.45, 7) is 8.58. The summed E-state index contributed by atoms with van der Waals surface area (Å²) in [4.78, 5) is 6.77. The molecule has 0 bridgehead atoms. The fourth-order valence-electron chi connectivity index (χ4n) is 2.66. The molecule has 3 heteroatoms. The van der Waals surface area contributed by atoms with Crippen molar-refractivity contribution in [2.75, 3.05) is 18.0 Å². The molecule has 0 aliphatic carbocycles. The summed E-state index contributed by atoms with van der Waals surface area (Å²) in [5, 5.41) is 9.62. The van der Waals surface area contributed by atoms with Crippen molar-refractivity contribution in [2.24, 2.45) is 11.8 Å². The second-order valence-corrected chi connectivity index (χ2v) is 5.69. The van der Waals surface area contributed by atoms with E-state index in [2.05, 4.69) is 23.7 Å². The van der Waals surface area contributed by atoms with Gasteiger partial charge in [-0.15, -0.1) is 0 Å². The van der Waals surface area contributed by atoms with Crippen molar-refractivity contribution in [2.45, 2.75) is 39.7 Å². The largest absolute Gasteiger partial charge is 0.389 e. The van der Waals surface area contributed by atoms with Gasteiger partial charge in [-0.05, 0) is 49.3 Å². The predicted molar refractivity (Wildman–Crippen MR) is 74.6 cm³/mol. The monoisotopic (exact) mass is 248 g/mol. The topological polar surface area (TPSA) is 36.4 Å². The highest BCUT2D eigenvalue weighted by molar-refractivity contribution is 5.41. The Morgan fingerprint density at radius 1 is 1.28 bits per heavy atom. The molecule has 1 saturated heterocycles. The van der Waals surface area contributed by atoms with Crippen molar-refractivity contribution in [3.8, 4) is 0 Å². The van der Waals surface area contributed by atoms with Gasteiger partial charge in [-0.25, -0.2) is 4.98 Å². The van der Waals surface area contributed by atoms with E-state index in [0.717, 1.165) is 36.3 Å². The maximum Gasteiger partial charge on any atom is 0.128 e. The fraction of sp³-hybridized carbons (Fsp3) is 0.667. The van der Waals surface area contributed by atoms with Gasteiger partial charge in [0.2, 0.25) is 0 Å². The summed E-state index contributed by atoms with van der Waals surface area (Å²) < 4.78 is 0. The number of rotatable bonds is 3. The van der Waals surface area contributed by atoms with Gasteiger partial charge in [0.05, 0.1) is 6.10 Å². The second-order valence-electron chi connectivity index (χ2n) is 5.69. The molecule has 100 valence electrons. The molecule has 1 aliphatic rings. The number of hydrogen-bond donors (Lipinski definition) is 1. The standard InChI is InChI=1S/C15H24N2O/c1-11(2)13-5-8-17(9-6-13)15-10-14(12(3)18)4-7-16-15/h4,7,10-13,18H,5-6,8-9H2,1-3H3/t12-/m0/s1. The molecular formula is C15H24N2O. The van der Waals surface area contributed by atoms with Crippen LogP contribution in [0.15, 0.2) is 18.3 Å². The summed E-state index contributed by atoms with van der Waals surface area (Å²) in [6, 6.07) is 3.90. The van der Waals surface area contributed by atoms with Crippen molar-refractivity contribution in [3.05, 3.63) is 23.9 Å². The maximum atomic E-state index is 9.62. The van der Waals surface area contributed by atoms with Gasteiger partial charge in [-0.2, -0.15) is 0 Å². The quantitative estimate of drug-likeness (QED) is 0.893. The predicted octanol–water partition coefficient (Wildman–Crippen LogP) is 3.01. The minimum absolute atomic E-state index is 0.417. The minimum Gasteiger partial charge on any atom is -0.389 e. The maximum absolute atomic E-state index is 9.62. The lowest BCUT2D eigenvalue weighted by Crippen LogP contribution is -2.35. The van der Waals surface area contributed by atoms with Crippen LogP contribution in [0.3, 0.4) is 0 Å². The van der Waals surface area contributed by atoms with Gasteiger partial charge in [0.15, 0.2) is 0 Å². The molecule has 0 saturated carbocycles. The van der Waals surface area contributed by atoms with Crippen LogP contribution in [0.25, 0.3) is 0 Å². The van der Waals surface area contributed by atoms with Gasteiger partial charge in [0.1, 0.15) is 5.82 Å². The summed E-state index contributed by atoms with van der Waals surface area (Å²) in [5.74, 6) is 2.64. The van der Waals surface area contributed by atoms with Gasteiger partial charge >= 0.3 is 0 Å². The van der Waals surface area contributed by atoms with Crippen molar-refractivity contribution < 1.29 is 5.11 Å². The van der Waals surface area contributed by atoms with E-state index in [-0.39, 0.29) is 0 Å². The van der Waals surface area contributed by atoms with E-state index in [1.54, 1.807) is 13.1 Å². The van der Waals surface area contributed by atoms with E-state index >= 15 is 0 Å². The zero-order valence-electron chi connectivity index (χ0n) is 11.6. The van der Waals surface area contributed by atoms with Crippen LogP contribution in [0.1, 0.15) is 45.3 Å². The van der Waals surface area contributed by atoms with Crippen LogP contribution in [0.4, 0.5) is 5.82 Å². The molecule has 1 atom stereocenters. The summed E-state index contributed by atoms with van der Waals surface area (Å²) >= 11 is 0. The Morgan fingerprint density at radius 2 is 1.94 bits per heavy atom. The number of piperidine rings is 1. The fourth-order valence-corrected chi connectivity index (χ4v) is 2.66. The Hall–Kier alpha value is -1.09. The average molecular weight is 248 g/mol. The van der Waals surface area contributed by atoms with Gasteiger partial charge in [0, 0.05) is 19.3 Å². The Bertz CT molecular complexity index is 382. The molecule has 0 radical (unpaired) electrons. The number of hydrogen-bond acceptors (Lipinski definition) is 3. The van der Waals surface area contributed by atoms with E-state index < -0.39 is 6.10 Å². The zero-order valence-corrected chi connectivity index (χ0v) is 11.6. The lowest BCUT2D eigenvalue weighted by Gasteiger charge is -2.34. The van der Waals surface area contributed by atoms with Crippen LogP contribution < -0.4 is 4.90 Å². The van der Waals surface area contributed by atoms with Crippen molar-refractivity contribution in [1.29, 1.82) is 0 Å². The molecular weight excluding hydrogens is 224 g/mol. The number of aromatic nitrogens is 1. The lowest BCUT2D eigenvalue weighted by atomic mass is 9.87. The van der Waals surface area contributed by atoms with Crippen LogP contribution in [0, 0.1) is 11.8 Å². The first-order chi connectivity index (χ1) is 8.58. The van der Waals surface area contributed by atoms with Crippen LogP contribution in [-0.2, 0) is 0 Å².